The summed E-state index contributed by atoms with van der Waals surface area (Å²) in [5.41, 5.74) is -2.39. The molecule has 2 atom stereocenters. The fraction of sp³-hybridized carbons (Fsp3) is 0.938. The Morgan fingerprint density at radius 3 is 2.50 bits per heavy atom. The van der Waals surface area contributed by atoms with E-state index < -0.39 is 30.0 Å². The summed E-state index contributed by atoms with van der Waals surface area (Å²) >= 11 is 0. The molecule has 0 aromatic rings. The Bertz CT molecular complexity index is 392. The summed E-state index contributed by atoms with van der Waals surface area (Å²) in [5.74, 6) is -0.278. The van der Waals surface area contributed by atoms with Gasteiger partial charge in [0.1, 0.15) is 5.60 Å². The van der Waals surface area contributed by atoms with Crippen LogP contribution in [0, 0.1) is 5.92 Å². The van der Waals surface area contributed by atoms with Gasteiger partial charge in [-0.3, -0.25) is 0 Å². The SMILES string of the molecule is CC(C)(C)OC(=O)N1CCC[C@@H]1C(F)(CO)C1CCOCC1. The van der Waals surface area contributed by atoms with Crippen molar-refractivity contribution in [3.63, 3.8) is 0 Å². The molecule has 0 aromatic heterocycles. The summed E-state index contributed by atoms with van der Waals surface area (Å²) in [4.78, 5) is 13.8. The quantitative estimate of drug-likeness (QED) is 0.869. The summed E-state index contributed by atoms with van der Waals surface area (Å²) in [6, 6.07) is -0.615. The smallest absolute Gasteiger partial charge is 0.410 e. The Morgan fingerprint density at radius 2 is 1.95 bits per heavy atom. The van der Waals surface area contributed by atoms with Gasteiger partial charge in [0.2, 0.25) is 0 Å². The van der Waals surface area contributed by atoms with E-state index in [4.69, 9.17) is 9.47 Å². The number of ether oxygens (including phenoxy) is 2. The third-order valence-electron chi connectivity index (χ3n) is 4.58. The zero-order valence-corrected chi connectivity index (χ0v) is 13.8. The van der Waals surface area contributed by atoms with Crippen LogP contribution in [0.1, 0.15) is 46.5 Å². The average molecular weight is 317 g/mol. The van der Waals surface area contributed by atoms with E-state index in [2.05, 4.69) is 0 Å². The van der Waals surface area contributed by atoms with Crippen molar-refractivity contribution in [3.05, 3.63) is 0 Å². The second-order valence-corrected chi connectivity index (χ2v) is 7.30. The summed E-state index contributed by atoms with van der Waals surface area (Å²) in [6.45, 7) is 6.32. The Balaban J connectivity index is 2.14. The van der Waals surface area contributed by atoms with Crippen LogP contribution >= 0.6 is 0 Å². The van der Waals surface area contributed by atoms with E-state index in [0.29, 0.717) is 39.0 Å². The Hall–Kier alpha value is -0.880. The molecule has 0 aliphatic carbocycles. The molecule has 22 heavy (non-hydrogen) atoms. The van der Waals surface area contributed by atoms with Gasteiger partial charge < -0.3 is 19.5 Å². The number of likely N-dealkylation sites (tertiary alicyclic amines) is 1. The molecule has 6 heteroatoms. The van der Waals surface area contributed by atoms with Gasteiger partial charge in [-0.2, -0.15) is 0 Å². The molecule has 2 aliphatic heterocycles. The maximum absolute atomic E-state index is 15.6. The van der Waals surface area contributed by atoms with Gasteiger partial charge in [-0.05, 0) is 46.5 Å². The van der Waals surface area contributed by atoms with Crippen molar-refractivity contribution in [1.82, 2.24) is 4.90 Å². The maximum atomic E-state index is 15.6. The number of aliphatic hydroxyl groups is 1. The van der Waals surface area contributed by atoms with Crippen molar-refractivity contribution >= 4 is 6.09 Å². The molecule has 1 unspecified atom stereocenters. The van der Waals surface area contributed by atoms with Gasteiger partial charge >= 0.3 is 6.09 Å². The van der Waals surface area contributed by atoms with Crippen molar-refractivity contribution < 1.29 is 23.8 Å². The highest BCUT2D eigenvalue weighted by molar-refractivity contribution is 5.69. The Morgan fingerprint density at radius 1 is 1.32 bits per heavy atom. The lowest BCUT2D eigenvalue weighted by molar-refractivity contribution is -0.0820. The zero-order valence-electron chi connectivity index (χ0n) is 13.8. The molecule has 0 aromatic carbocycles. The molecule has 0 bridgehead atoms. The minimum atomic E-state index is -1.78. The Labute approximate surface area is 131 Å². The van der Waals surface area contributed by atoms with E-state index >= 15 is 4.39 Å². The minimum absolute atomic E-state index is 0.278. The van der Waals surface area contributed by atoms with E-state index in [9.17, 15) is 9.90 Å². The molecule has 0 spiro atoms. The lowest BCUT2D eigenvalue weighted by atomic mass is 9.78. The van der Waals surface area contributed by atoms with Crippen molar-refractivity contribution in [2.45, 2.75) is 63.8 Å². The van der Waals surface area contributed by atoms with Crippen molar-refractivity contribution in [2.24, 2.45) is 5.92 Å². The van der Waals surface area contributed by atoms with Crippen LogP contribution in [-0.4, -0.2) is 59.8 Å². The third kappa shape index (κ3) is 3.71. The van der Waals surface area contributed by atoms with Crippen LogP contribution < -0.4 is 0 Å². The number of rotatable bonds is 3. The highest BCUT2D eigenvalue weighted by atomic mass is 19.1. The number of aliphatic hydroxyl groups excluding tert-OH is 1. The fourth-order valence-electron chi connectivity index (χ4n) is 3.49. The molecule has 0 radical (unpaired) electrons. The van der Waals surface area contributed by atoms with E-state index in [0.717, 1.165) is 6.42 Å². The molecular weight excluding hydrogens is 289 g/mol. The molecular formula is C16H28FNO4. The van der Waals surface area contributed by atoms with Gasteiger partial charge in [-0.1, -0.05) is 0 Å². The van der Waals surface area contributed by atoms with Crippen LogP contribution in [0.3, 0.4) is 0 Å². The molecule has 128 valence electrons. The van der Waals surface area contributed by atoms with Crippen LogP contribution in [0.4, 0.5) is 9.18 Å². The molecule has 1 N–H and O–H groups in total. The third-order valence-corrected chi connectivity index (χ3v) is 4.58. The monoisotopic (exact) mass is 317 g/mol. The van der Waals surface area contributed by atoms with Crippen LogP contribution in [0.15, 0.2) is 0 Å². The molecule has 5 nitrogen and oxygen atoms in total. The molecule has 2 rings (SSSR count). The number of carbonyl (C=O) groups excluding carboxylic acids is 1. The first-order valence-electron chi connectivity index (χ1n) is 8.15. The summed E-state index contributed by atoms with van der Waals surface area (Å²) in [6.07, 6.45) is 1.97. The first-order valence-corrected chi connectivity index (χ1v) is 8.15. The van der Waals surface area contributed by atoms with Crippen LogP contribution in [0.2, 0.25) is 0 Å². The number of hydrogen-bond donors (Lipinski definition) is 1. The number of hydrogen-bond acceptors (Lipinski definition) is 4. The van der Waals surface area contributed by atoms with Gasteiger partial charge in [-0.25, -0.2) is 9.18 Å². The number of halogens is 1. The minimum Gasteiger partial charge on any atom is -0.444 e. The highest BCUT2D eigenvalue weighted by Crippen LogP contribution is 2.40. The molecule has 2 aliphatic rings. The zero-order chi connectivity index (χ0) is 16.4. The van der Waals surface area contributed by atoms with E-state index in [1.165, 1.54) is 4.90 Å². The van der Waals surface area contributed by atoms with Crippen LogP contribution in [0.5, 0.6) is 0 Å². The van der Waals surface area contributed by atoms with Crippen molar-refractivity contribution in [2.75, 3.05) is 26.4 Å². The van der Waals surface area contributed by atoms with Gasteiger partial charge in [0, 0.05) is 25.7 Å². The molecule has 2 heterocycles. The fourth-order valence-corrected chi connectivity index (χ4v) is 3.49. The number of nitrogens with zero attached hydrogens (tertiary/aromatic N) is 1. The number of amides is 1. The molecule has 1 amide bonds. The van der Waals surface area contributed by atoms with Gasteiger partial charge in [-0.15, -0.1) is 0 Å². The van der Waals surface area contributed by atoms with Crippen LogP contribution in [0.25, 0.3) is 0 Å². The topological polar surface area (TPSA) is 59.0 Å². The summed E-state index contributed by atoms with van der Waals surface area (Å²) in [5, 5.41) is 9.74. The van der Waals surface area contributed by atoms with E-state index in [1.807, 2.05) is 0 Å². The van der Waals surface area contributed by atoms with Crippen molar-refractivity contribution in [3.8, 4) is 0 Å². The standard InChI is InChI=1S/C16H28FNO4/c1-15(2,3)22-14(20)18-8-4-5-13(18)16(17,11-19)12-6-9-21-10-7-12/h12-13,19H,4-11H2,1-3H3/t13-,16?/m1/s1. The van der Waals surface area contributed by atoms with E-state index in [-0.39, 0.29) is 5.92 Å². The second kappa shape index (κ2) is 6.71. The second-order valence-electron chi connectivity index (χ2n) is 7.30. The highest BCUT2D eigenvalue weighted by Gasteiger charge is 2.51. The predicted molar refractivity (Wildman–Crippen MR) is 80.4 cm³/mol. The van der Waals surface area contributed by atoms with Gasteiger partial charge in [0.25, 0.3) is 0 Å². The summed E-state index contributed by atoms with van der Waals surface area (Å²) < 4.78 is 26.3. The first kappa shape index (κ1) is 17.5. The largest absolute Gasteiger partial charge is 0.444 e. The Kier molecular flexibility index (Phi) is 5.33. The molecule has 2 saturated heterocycles. The predicted octanol–water partition coefficient (Wildman–Crippen LogP) is 2.51. The summed E-state index contributed by atoms with van der Waals surface area (Å²) in [7, 11) is 0. The average Bonchev–Trinajstić information content (AvgIpc) is 2.95. The lowest BCUT2D eigenvalue weighted by Gasteiger charge is -2.42. The molecule has 0 saturated carbocycles. The normalized spacial score (nSPS) is 26.8. The van der Waals surface area contributed by atoms with Crippen molar-refractivity contribution in [1.29, 1.82) is 0 Å². The molecule has 2 fully saturated rings. The number of carbonyl (C=O) groups is 1. The maximum Gasteiger partial charge on any atom is 0.410 e. The number of alkyl halides is 1. The lowest BCUT2D eigenvalue weighted by Crippen LogP contribution is -2.56. The van der Waals surface area contributed by atoms with Gasteiger partial charge in [0.05, 0.1) is 12.6 Å². The van der Waals surface area contributed by atoms with Gasteiger partial charge in [0.15, 0.2) is 5.67 Å². The van der Waals surface area contributed by atoms with Crippen LogP contribution in [-0.2, 0) is 9.47 Å². The first-order chi connectivity index (χ1) is 10.3. The van der Waals surface area contributed by atoms with E-state index in [1.54, 1.807) is 20.8 Å².